The Kier molecular flexibility index (Phi) is 10.4. The fourth-order valence-corrected chi connectivity index (χ4v) is 3.74. The van der Waals surface area contributed by atoms with Crippen molar-refractivity contribution in [1.82, 2.24) is 10.4 Å². The van der Waals surface area contributed by atoms with E-state index in [2.05, 4.69) is 17.0 Å². The summed E-state index contributed by atoms with van der Waals surface area (Å²) in [5.41, 5.74) is -0.125. The molecule has 0 radical (unpaired) electrons. The van der Waals surface area contributed by atoms with Gasteiger partial charge in [-0.05, 0) is 51.6 Å². The van der Waals surface area contributed by atoms with Crippen LogP contribution >= 0.6 is 7.75 Å². The Hall–Kier alpha value is -3.67. The van der Waals surface area contributed by atoms with Gasteiger partial charge in [0.2, 0.25) is 0 Å². The van der Waals surface area contributed by atoms with Crippen molar-refractivity contribution in [3.8, 4) is 5.75 Å². The van der Waals surface area contributed by atoms with Crippen LogP contribution in [0.4, 0.5) is 10.7 Å². The lowest BCUT2D eigenvalue weighted by Crippen LogP contribution is -2.45. The maximum atomic E-state index is 12.9. The standard InChI is InChI=1S/C23H30N3O10P/c1-6-13-32-21(27)19(25-22(28)35-23(2,3)4)14-16-7-9-17(10-8-16)36-37(31,24-5)33-15-18-11-12-20(34-18)26(29)30/h6-12,19H,1,13-15H2,2-5H3,(H,24,31)(H,25,28). The Morgan fingerprint density at radius 1 is 1.22 bits per heavy atom. The number of amides is 1. The zero-order valence-electron chi connectivity index (χ0n) is 20.9. The van der Waals surface area contributed by atoms with Crippen molar-refractivity contribution >= 4 is 25.7 Å². The summed E-state index contributed by atoms with van der Waals surface area (Å²) < 4.78 is 38.9. The van der Waals surface area contributed by atoms with Gasteiger partial charge < -0.3 is 23.7 Å². The van der Waals surface area contributed by atoms with Gasteiger partial charge in [0.15, 0.2) is 0 Å². The molecule has 2 rings (SSSR count). The van der Waals surface area contributed by atoms with Crippen LogP contribution in [-0.4, -0.2) is 42.3 Å². The minimum atomic E-state index is -3.85. The molecule has 14 heteroatoms. The molecular weight excluding hydrogens is 509 g/mol. The van der Waals surface area contributed by atoms with E-state index in [0.717, 1.165) is 6.07 Å². The number of carbonyl (C=O) groups excluding carboxylic acids is 2. The van der Waals surface area contributed by atoms with Crippen LogP contribution in [0.2, 0.25) is 0 Å². The zero-order chi connectivity index (χ0) is 27.6. The molecule has 2 aromatic rings. The van der Waals surface area contributed by atoms with E-state index in [1.165, 1.54) is 31.3 Å². The van der Waals surface area contributed by atoms with Crippen LogP contribution in [-0.2, 0) is 36.4 Å². The van der Waals surface area contributed by atoms with Crippen LogP contribution in [0.25, 0.3) is 0 Å². The van der Waals surface area contributed by atoms with Gasteiger partial charge in [-0.1, -0.05) is 24.8 Å². The van der Waals surface area contributed by atoms with E-state index in [1.807, 2.05) is 0 Å². The third-order valence-electron chi connectivity index (χ3n) is 4.39. The minimum absolute atomic E-state index is 0.0250. The quantitative estimate of drug-likeness (QED) is 0.122. The Morgan fingerprint density at radius 3 is 2.43 bits per heavy atom. The highest BCUT2D eigenvalue weighted by Gasteiger charge is 2.27. The van der Waals surface area contributed by atoms with Crippen molar-refractivity contribution < 1.29 is 42.0 Å². The first-order chi connectivity index (χ1) is 17.3. The summed E-state index contributed by atoms with van der Waals surface area (Å²) in [6, 6.07) is 7.66. The molecule has 0 aliphatic carbocycles. The monoisotopic (exact) mass is 539 g/mol. The number of nitrogens with zero attached hydrogens (tertiary/aromatic N) is 1. The van der Waals surface area contributed by atoms with E-state index in [0.29, 0.717) is 5.56 Å². The number of alkyl carbamates (subject to hydrolysis) is 1. The molecule has 202 valence electrons. The third-order valence-corrected chi connectivity index (χ3v) is 5.85. The molecule has 1 aromatic carbocycles. The van der Waals surface area contributed by atoms with Crippen LogP contribution in [0.1, 0.15) is 32.1 Å². The molecule has 13 nitrogen and oxygen atoms in total. The molecule has 0 spiro atoms. The maximum Gasteiger partial charge on any atom is 0.458 e. The average molecular weight is 539 g/mol. The first-order valence-electron chi connectivity index (χ1n) is 11.1. The number of nitro groups is 1. The van der Waals surface area contributed by atoms with Gasteiger partial charge in [0.05, 0.1) is 6.07 Å². The maximum absolute atomic E-state index is 12.9. The second kappa shape index (κ2) is 13.0. The summed E-state index contributed by atoms with van der Waals surface area (Å²) in [6.07, 6.45) is 0.707. The Labute approximate surface area is 213 Å². The summed E-state index contributed by atoms with van der Waals surface area (Å²) in [6.45, 7) is 8.22. The molecular formula is C23H30N3O10P. The molecule has 2 unspecified atom stereocenters. The van der Waals surface area contributed by atoms with Gasteiger partial charge in [-0.2, -0.15) is 0 Å². The molecule has 0 fully saturated rings. The summed E-state index contributed by atoms with van der Waals surface area (Å²) in [4.78, 5) is 34.7. The zero-order valence-corrected chi connectivity index (χ0v) is 21.8. The van der Waals surface area contributed by atoms with Gasteiger partial charge in [0.25, 0.3) is 0 Å². The first-order valence-corrected chi connectivity index (χ1v) is 12.6. The van der Waals surface area contributed by atoms with E-state index in [4.69, 9.17) is 22.9 Å². The minimum Gasteiger partial charge on any atom is -0.460 e. The summed E-state index contributed by atoms with van der Waals surface area (Å²) in [7, 11) is -2.49. The molecule has 0 saturated heterocycles. The fourth-order valence-electron chi connectivity index (χ4n) is 2.77. The lowest BCUT2D eigenvalue weighted by Gasteiger charge is -2.23. The number of carbonyl (C=O) groups is 2. The van der Waals surface area contributed by atoms with Gasteiger partial charge in [-0.15, -0.1) is 0 Å². The summed E-state index contributed by atoms with van der Waals surface area (Å²) in [5.74, 6) is -0.870. The lowest BCUT2D eigenvalue weighted by molar-refractivity contribution is -0.402. The van der Waals surface area contributed by atoms with Crippen LogP contribution in [0.3, 0.4) is 0 Å². The van der Waals surface area contributed by atoms with E-state index in [9.17, 15) is 24.3 Å². The lowest BCUT2D eigenvalue weighted by atomic mass is 10.1. The Balaban J connectivity index is 2.05. The van der Waals surface area contributed by atoms with Crippen molar-refractivity contribution in [2.24, 2.45) is 0 Å². The molecule has 2 atom stereocenters. The number of benzene rings is 1. The van der Waals surface area contributed by atoms with Crippen LogP contribution in [0, 0.1) is 10.1 Å². The van der Waals surface area contributed by atoms with E-state index < -0.39 is 42.3 Å². The predicted molar refractivity (Wildman–Crippen MR) is 132 cm³/mol. The second-order valence-corrected chi connectivity index (χ2v) is 10.4. The van der Waals surface area contributed by atoms with Crippen molar-refractivity contribution in [3.05, 3.63) is 70.5 Å². The van der Waals surface area contributed by atoms with Gasteiger partial charge in [0.1, 0.15) is 41.3 Å². The molecule has 2 N–H and O–H groups in total. The molecule has 1 heterocycles. The Morgan fingerprint density at radius 2 is 1.89 bits per heavy atom. The van der Waals surface area contributed by atoms with Crippen molar-refractivity contribution in [2.75, 3.05) is 13.7 Å². The van der Waals surface area contributed by atoms with Crippen molar-refractivity contribution in [3.63, 3.8) is 0 Å². The second-order valence-electron chi connectivity index (χ2n) is 8.55. The number of nitrogens with one attached hydrogen (secondary N) is 2. The van der Waals surface area contributed by atoms with Crippen LogP contribution in [0.15, 0.2) is 53.5 Å². The van der Waals surface area contributed by atoms with Crippen LogP contribution < -0.4 is 14.9 Å². The summed E-state index contributed by atoms with van der Waals surface area (Å²) >= 11 is 0. The van der Waals surface area contributed by atoms with Gasteiger partial charge in [-0.3, -0.25) is 14.6 Å². The number of rotatable bonds is 13. The van der Waals surface area contributed by atoms with Gasteiger partial charge >= 0.3 is 25.7 Å². The van der Waals surface area contributed by atoms with Crippen molar-refractivity contribution in [2.45, 2.75) is 45.4 Å². The normalized spacial score (nSPS) is 13.6. The number of ether oxygens (including phenoxy) is 2. The number of hydrogen-bond acceptors (Lipinski definition) is 10. The predicted octanol–water partition coefficient (Wildman–Crippen LogP) is 4.28. The molecule has 1 aromatic heterocycles. The smallest absolute Gasteiger partial charge is 0.458 e. The van der Waals surface area contributed by atoms with E-state index >= 15 is 0 Å². The first kappa shape index (κ1) is 29.6. The van der Waals surface area contributed by atoms with E-state index in [-0.39, 0.29) is 31.1 Å². The van der Waals surface area contributed by atoms with Crippen LogP contribution in [0.5, 0.6) is 5.75 Å². The Bertz CT molecular complexity index is 1140. The van der Waals surface area contributed by atoms with E-state index in [1.54, 1.807) is 32.9 Å². The topological polar surface area (TPSA) is 168 Å². The number of hydrogen-bond donors (Lipinski definition) is 2. The highest BCUT2D eigenvalue weighted by Crippen LogP contribution is 2.44. The molecule has 0 aliphatic heterocycles. The summed E-state index contributed by atoms with van der Waals surface area (Å²) in [5, 5.41) is 15.7. The third kappa shape index (κ3) is 10.1. The van der Waals surface area contributed by atoms with Gasteiger partial charge in [0, 0.05) is 6.42 Å². The highest BCUT2D eigenvalue weighted by atomic mass is 31.2. The SMILES string of the molecule is C=CCOC(=O)C(Cc1ccc(OP(=O)(NC)OCc2ccc([N+](=O)[O-])o2)cc1)NC(=O)OC(C)(C)C. The van der Waals surface area contributed by atoms with Crippen molar-refractivity contribution in [1.29, 1.82) is 0 Å². The number of esters is 1. The average Bonchev–Trinajstić information content (AvgIpc) is 3.30. The fraction of sp³-hybridized carbons (Fsp3) is 0.391. The molecule has 0 aliphatic rings. The largest absolute Gasteiger partial charge is 0.460 e. The molecule has 0 saturated carbocycles. The molecule has 0 bridgehead atoms. The molecule has 37 heavy (non-hydrogen) atoms. The number of furan rings is 1. The highest BCUT2D eigenvalue weighted by molar-refractivity contribution is 7.52. The molecule has 1 amide bonds. The van der Waals surface area contributed by atoms with Gasteiger partial charge in [-0.25, -0.2) is 19.2 Å².